The zero-order valence-corrected chi connectivity index (χ0v) is 9.53. The van der Waals surface area contributed by atoms with Crippen molar-refractivity contribution in [3.63, 3.8) is 0 Å². The van der Waals surface area contributed by atoms with Crippen molar-refractivity contribution in [2.75, 3.05) is 0 Å². The first-order chi connectivity index (χ1) is 0. The summed E-state index contributed by atoms with van der Waals surface area (Å²) in [5.74, 6) is 0. The maximum Gasteiger partial charge on any atom is 0 e. The van der Waals surface area contributed by atoms with Crippen LogP contribution >= 0.6 is 0 Å². The molecular weight excluding hydrogens is 615 g/mol. The van der Waals surface area contributed by atoms with Crippen LogP contribution in [0.25, 0.3) is 0 Å². The number of hydrogen-bond donors (Lipinski definition) is 0. The van der Waals surface area contributed by atoms with Gasteiger partial charge < -0.3 is 0 Å². The molecule has 4 heteroatoms. The predicted octanol–water partition coefficient (Wildman–Crippen LogP) is -0.388. The minimum absolute atomic E-state index is 0. The summed E-state index contributed by atoms with van der Waals surface area (Å²) >= 11 is 0. The molecule has 0 saturated heterocycles. The van der Waals surface area contributed by atoms with Crippen molar-refractivity contribution in [3.8, 4) is 0 Å². The van der Waals surface area contributed by atoms with Crippen LogP contribution in [-0.2, 0) is 67.1 Å². The molecule has 35 valence electrons. The molecule has 0 aliphatic heterocycles. The molecule has 0 spiro atoms. The van der Waals surface area contributed by atoms with Gasteiger partial charge in [0, 0.05) is 90.2 Å². The summed E-state index contributed by atoms with van der Waals surface area (Å²) < 4.78 is 0. The van der Waals surface area contributed by atoms with Crippen molar-refractivity contribution in [1.29, 1.82) is 0 Å². The van der Waals surface area contributed by atoms with Crippen molar-refractivity contribution >= 4 is 23.1 Å². The van der Waals surface area contributed by atoms with Crippen LogP contribution < -0.4 is 0 Å². The zero-order chi connectivity index (χ0) is 0. The third-order valence-electron chi connectivity index (χ3n) is 0. The third kappa shape index (κ3) is 8.89. The molecule has 0 heterocycles. The van der Waals surface area contributed by atoms with Crippen LogP contribution in [0, 0.1) is 0 Å². The van der Waals surface area contributed by atoms with E-state index in [1.807, 2.05) is 0 Å². The van der Waals surface area contributed by atoms with Crippen molar-refractivity contribution in [3.05, 3.63) is 0 Å². The van der Waals surface area contributed by atoms with Gasteiger partial charge in [0.1, 0.15) is 0 Å². The first-order valence-corrected chi connectivity index (χ1v) is 0. The average Bonchev–Trinajstić information content (AvgIpc) is 0. The Hall–Kier alpha value is 2.99. The second-order valence-corrected chi connectivity index (χ2v) is 0. The minimum Gasteiger partial charge on any atom is 0 e. The monoisotopic (exact) mass is 615 g/mol. The second-order valence-electron chi connectivity index (χ2n) is 0. The molecule has 0 atom stereocenters. The maximum absolute atomic E-state index is 0. The van der Waals surface area contributed by atoms with E-state index in [4.69, 9.17) is 0 Å². The Kier molecular flexibility index (Phi) is 117. The topological polar surface area (TPSA) is 0 Å². The molecular formula is Au3Mg. The van der Waals surface area contributed by atoms with Gasteiger partial charge in [-0.15, -0.1) is 0 Å². The van der Waals surface area contributed by atoms with Gasteiger partial charge in [-0.3, -0.25) is 0 Å². The average molecular weight is 615 g/mol. The summed E-state index contributed by atoms with van der Waals surface area (Å²) in [7, 11) is 0. The van der Waals surface area contributed by atoms with E-state index in [2.05, 4.69) is 0 Å². The molecule has 4 heavy (non-hydrogen) atoms. The summed E-state index contributed by atoms with van der Waals surface area (Å²) in [4.78, 5) is 0. The SMILES string of the molecule is [Au].[Au].[Au].[Mg]. The Labute approximate surface area is 88.5 Å². The van der Waals surface area contributed by atoms with Crippen LogP contribution in [0.4, 0.5) is 0 Å². The largest absolute Gasteiger partial charge is 0 e. The van der Waals surface area contributed by atoms with E-state index in [-0.39, 0.29) is 90.2 Å². The van der Waals surface area contributed by atoms with Crippen LogP contribution in [-0.4, -0.2) is 23.1 Å². The molecule has 0 aliphatic carbocycles. The molecule has 0 rings (SSSR count). The van der Waals surface area contributed by atoms with Gasteiger partial charge in [-0.2, -0.15) is 0 Å². The fourth-order valence-corrected chi connectivity index (χ4v) is 0. The summed E-state index contributed by atoms with van der Waals surface area (Å²) in [5.41, 5.74) is 0. The van der Waals surface area contributed by atoms with E-state index in [0.29, 0.717) is 0 Å². The van der Waals surface area contributed by atoms with Crippen molar-refractivity contribution in [2.45, 2.75) is 0 Å². The van der Waals surface area contributed by atoms with Gasteiger partial charge in [0.05, 0.1) is 0 Å². The Bertz CT molecular complexity index is 3.25. The van der Waals surface area contributed by atoms with Gasteiger partial charge in [-0.05, 0) is 0 Å². The zero-order valence-electron chi connectivity index (χ0n) is 1.61. The molecule has 0 amide bonds. The van der Waals surface area contributed by atoms with E-state index in [0.717, 1.165) is 0 Å². The number of rotatable bonds is 0. The van der Waals surface area contributed by atoms with Gasteiger partial charge in [-0.25, -0.2) is 0 Å². The molecule has 0 aliphatic rings. The fourth-order valence-electron chi connectivity index (χ4n) is 0. The Morgan fingerprint density at radius 3 is 0.500 bits per heavy atom. The van der Waals surface area contributed by atoms with Gasteiger partial charge >= 0.3 is 0 Å². The summed E-state index contributed by atoms with van der Waals surface area (Å²) in [6, 6.07) is 0. The van der Waals surface area contributed by atoms with Crippen LogP contribution in [0.1, 0.15) is 0 Å². The van der Waals surface area contributed by atoms with E-state index >= 15 is 0 Å². The predicted molar refractivity (Wildman–Crippen MR) is 5.75 cm³/mol. The van der Waals surface area contributed by atoms with Gasteiger partial charge in [0.25, 0.3) is 0 Å². The molecule has 0 aromatic carbocycles. The second kappa shape index (κ2) is 16.7. The first kappa shape index (κ1) is 28.1. The van der Waals surface area contributed by atoms with E-state index in [9.17, 15) is 0 Å². The molecule has 0 saturated carbocycles. The van der Waals surface area contributed by atoms with E-state index < -0.39 is 0 Å². The Morgan fingerprint density at radius 1 is 0.500 bits per heavy atom. The molecule has 0 bridgehead atoms. The molecule has 0 nitrogen and oxygen atoms in total. The number of hydrogen-bond acceptors (Lipinski definition) is 0. The molecule has 0 aromatic heterocycles. The minimum atomic E-state index is 0. The van der Waals surface area contributed by atoms with Crippen molar-refractivity contribution in [2.24, 2.45) is 0 Å². The van der Waals surface area contributed by atoms with Gasteiger partial charge in [-0.1, -0.05) is 0 Å². The smallest absolute Gasteiger partial charge is 0 e. The van der Waals surface area contributed by atoms with E-state index in [1.54, 1.807) is 0 Å². The van der Waals surface area contributed by atoms with Gasteiger partial charge in [0.2, 0.25) is 0 Å². The summed E-state index contributed by atoms with van der Waals surface area (Å²) in [6.07, 6.45) is 0. The fraction of sp³-hybridized carbons (Fsp3) is 0. The molecule has 5 radical (unpaired) electrons. The van der Waals surface area contributed by atoms with E-state index in [1.165, 1.54) is 0 Å². The molecule has 0 N–H and O–H groups in total. The summed E-state index contributed by atoms with van der Waals surface area (Å²) in [5, 5.41) is 0. The molecule has 0 unspecified atom stereocenters. The normalized spacial score (nSPS) is 0. The maximum atomic E-state index is 0. The standard InChI is InChI=1S/3Au.Mg. The summed E-state index contributed by atoms with van der Waals surface area (Å²) in [6.45, 7) is 0. The van der Waals surface area contributed by atoms with Crippen LogP contribution in [0.5, 0.6) is 0 Å². The molecule has 0 aromatic rings. The quantitative estimate of drug-likeness (QED) is 0.327. The Balaban J connectivity index is 0. The van der Waals surface area contributed by atoms with Crippen LogP contribution in [0.2, 0.25) is 0 Å². The van der Waals surface area contributed by atoms with Crippen LogP contribution in [0.3, 0.4) is 0 Å². The Morgan fingerprint density at radius 2 is 0.500 bits per heavy atom. The van der Waals surface area contributed by atoms with Crippen LogP contribution in [0.15, 0.2) is 0 Å². The molecule has 0 fully saturated rings. The van der Waals surface area contributed by atoms with Gasteiger partial charge in [0.15, 0.2) is 0 Å². The third-order valence-corrected chi connectivity index (χ3v) is 0. The van der Waals surface area contributed by atoms with Crippen molar-refractivity contribution < 1.29 is 67.1 Å². The first-order valence-electron chi connectivity index (χ1n) is 0. The van der Waals surface area contributed by atoms with Crippen molar-refractivity contribution in [1.82, 2.24) is 0 Å².